The van der Waals surface area contributed by atoms with Crippen LogP contribution in [0, 0.1) is 7.14 Å². The highest BCUT2D eigenvalue weighted by atomic mass is 127. The molecule has 2 amide bonds. The summed E-state index contributed by atoms with van der Waals surface area (Å²) in [6, 6.07) is 10.5. The average molecular weight is 624 g/mol. The Bertz CT molecular complexity index is 954. The van der Waals surface area contributed by atoms with E-state index in [4.69, 9.17) is 16.3 Å². The second kappa shape index (κ2) is 8.97. The Labute approximate surface area is 193 Å². The number of anilines is 1. The van der Waals surface area contributed by atoms with Gasteiger partial charge in [0.25, 0.3) is 11.1 Å². The van der Waals surface area contributed by atoms with Gasteiger partial charge in [0.05, 0.1) is 17.7 Å². The van der Waals surface area contributed by atoms with Crippen molar-refractivity contribution < 1.29 is 14.3 Å². The molecule has 1 aliphatic heterocycles. The molecule has 1 aliphatic rings. The summed E-state index contributed by atoms with van der Waals surface area (Å²) < 4.78 is 7.50. The summed E-state index contributed by atoms with van der Waals surface area (Å²) in [5.41, 5.74) is 1.29. The first-order valence-corrected chi connectivity index (χ1v) is 11.0. The number of ether oxygens (including phenoxy) is 1. The van der Waals surface area contributed by atoms with Gasteiger partial charge in [0.1, 0.15) is 12.4 Å². The summed E-state index contributed by atoms with van der Waals surface area (Å²) in [6.07, 6.45) is 3.41. The summed E-state index contributed by atoms with van der Waals surface area (Å²) in [4.78, 5) is 26.6. The third-order valence-electron chi connectivity index (χ3n) is 3.52. The number of carbonyl (C=O) groups is 2. The standard InChI is InChI=1S/C19H12ClI2NO3S/c1-2-6-26-17-14(21)7-11(8-15(17)22)9-16-18(24)23(19(25)27-16)13-5-3-4-12(20)10-13/h2-5,7-10H,1,6H2/b16-9+. The first kappa shape index (κ1) is 20.7. The van der Waals surface area contributed by atoms with E-state index in [-0.39, 0.29) is 11.1 Å². The second-order valence-electron chi connectivity index (χ2n) is 5.41. The van der Waals surface area contributed by atoms with Crippen molar-refractivity contribution >= 4 is 91.5 Å². The fourth-order valence-electron chi connectivity index (χ4n) is 2.40. The zero-order chi connectivity index (χ0) is 19.6. The number of hydrogen-bond acceptors (Lipinski definition) is 4. The number of rotatable bonds is 5. The van der Waals surface area contributed by atoms with Crippen molar-refractivity contribution in [2.45, 2.75) is 0 Å². The molecule has 27 heavy (non-hydrogen) atoms. The summed E-state index contributed by atoms with van der Waals surface area (Å²) >= 11 is 11.3. The molecule has 0 saturated carbocycles. The van der Waals surface area contributed by atoms with Crippen molar-refractivity contribution in [1.82, 2.24) is 0 Å². The zero-order valence-electron chi connectivity index (χ0n) is 13.7. The van der Waals surface area contributed by atoms with Crippen molar-refractivity contribution in [3.8, 4) is 5.75 Å². The summed E-state index contributed by atoms with van der Waals surface area (Å²) in [7, 11) is 0. The van der Waals surface area contributed by atoms with Crippen LogP contribution in [0.4, 0.5) is 10.5 Å². The van der Waals surface area contributed by atoms with Gasteiger partial charge in [0, 0.05) is 5.02 Å². The van der Waals surface area contributed by atoms with E-state index in [0.29, 0.717) is 22.2 Å². The Hall–Kier alpha value is -1.04. The first-order valence-electron chi connectivity index (χ1n) is 7.67. The molecule has 4 nitrogen and oxygen atoms in total. The number of nitrogens with zero attached hydrogens (tertiary/aromatic N) is 1. The highest BCUT2D eigenvalue weighted by Gasteiger charge is 2.36. The van der Waals surface area contributed by atoms with E-state index in [2.05, 4.69) is 51.8 Å². The van der Waals surface area contributed by atoms with E-state index in [1.165, 1.54) is 0 Å². The van der Waals surface area contributed by atoms with Gasteiger partial charge in [-0.2, -0.15) is 0 Å². The molecule has 3 rings (SSSR count). The third-order valence-corrected chi connectivity index (χ3v) is 6.23. The molecule has 1 saturated heterocycles. The molecule has 0 N–H and O–H groups in total. The minimum Gasteiger partial charge on any atom is -0.487 e. The molecule has 2 aromatic rings. The lowest BCUT2D eigenvalue weighted by Crippen LogP contribution is -2.27. The molecule has 8 heteroatoms. The molecular weight excluding hydrogens is 612 g/mol. The molecule has 138 valence electrons. The van der Waals surface area contributed by atoms with E-state index in [1.54, 1.807) is 36.4 Å². The lowest BCUT2D eigenvalue weighted by Gasteiger charge is -2.12. The molecule has 0 aliphatic carbocycles. The van der Waals surface area contributed by atoms with Crippen LogP contribution in [0.25, 0.3) is 6.08 Å². The van der Waals surface area contributed by atoms with Crippen molar-refractivity contribution in [2.24, 2.45) is 0 Å². The number of thioether (sulfide) groups is 1. The van der Waals surface area contributed by atoms with Gasteiger partial charge in [-0.15, -0.1) is 0 Å². The van der Waals surface area contributed by atoms with Gasteiger partial charge in [0.15, 0.2) is 0 Å². The van der Waals surface area contributed by atoms with Crippen LogP contribution in [0.3, 0.4) is 0 Å². The average Bonchev–Trinajstić information content (AvgIpc) is 2.88. The monoisotopic (exact) mass is 623 g/mol. The Balaban J connectivity index is 1.91. The number of halogens is 3. The Morgan fingerprint density at radius 2 is 1.89 bits per heavy atom. The second-order valence-corrected chi connectivity index (χ2v) is 9.16. The Morgan fingerprint density at radius 1 is 1.19 bits per heavy atom. The van der Waals surface area contributed by atoms with E-state index >= 15 is 0 Å². The molecule has 0 aromatic heterocycles. The fourth-order valence-corrected chi connectivity index (χ4v) is 5.55. The fraction of sp³-hybridized carbons (Fsp3) is 0.0526. The van der Waals surface area contributed by atoms with Gasteiger partial charge in [-0.1, -0.05) is 30.3 Å². The molecule has 0 spiro atoms. The van der Waals surface area contributed by atoms with E-state index < -0.39 is 0 Å². The number of hydrogen-bond donors (Lipinski definition) is 0. The van der Waals surface area contributed by atoms with E-state index in [0.717, 1.165) is 35.1 Å². The Kier molecular flexibility index (Phi) is 6.88. The topological polar surface area (TPSA) is 46.6 Å². The highest BCUT2D eigenvalue weighted by Crippen LogP contribution is 2.37. The summed E-state index contributed by atoms with van der Waals surface area (Å²) in [5, 5.41) is 0.124. The van der Waals surface area contributed by atoms with E-state index in [9.17, 15) is 9.59 Å². The first-order chi connectivity index (χ1) is 12.9. The van der Waals surface area contributed by atoms with Crippen molar-refractivity contribution in [2.75, 3.05) is 11.5 Å². The molecule has 0 bridgehead atoms. The van der Waals surface area contributed by atoms with Crippen LogP contribution in [-0.4, -0.2) is 17.8 Å². The van der Waals surface area contributed by atoms with Crippen LogP contribution in [0.2, 0.25) is 5.02 Å². The largest absolute Gasteiger partial charge is 0.487 e. The summed E-state index contributed by atoms with van der Waals surface area (Å²) in [5.74, 6) is 0.421. The summed E-state index contributed by atoms with van der Waals surface area (Å²) in [6.45, 7) is 4.07. The predicted octanol–water partition coefficient (Wildman–Crippen LogP) is 6.35. The molecule has 1 heterocycles. The van der Waals surface area contributed by atoms with Crippen LogP contribution in [0.1, 0.15) is 5.56 Å². The Morgan fingerprint density at radius 3 is 2.52 bits per heavy atom. The normalized spacial score (nSPS) is 15.5. The number of carbonyl (C=O) groups excluding carboxylic acids is 2. The maximum Gasteiger partial charge on any atom is 0.298 e. The van der Waals surface area contributed by atoms with Crippen molar-refractivity contribution in [3.63, 3.8) is 0 Å². The zero-order valence-corrected chi connectivity index (χ0v) is 19.6. The van der Waals surface area contributed by atoms with Gasteiger partial charge in [-0.3, -0.25) is 9.59 Å². The maximum atomic E-state index is 12.7. The minimum absolute atomic E-state index is 0.344. The molecule has 0 radical (unpaired) electrons. The van der Waals surface area contributed by atoms with Crippen LogP contribution >= 0.6 is 68.5 Å². The number of amides is 2. The van der Waals surface area contributed by atoms with E-state index in [1.807, 2.05) is 12.1 Å². The molecular formula is C19H12ClI2NO3S. The van der Waals surface area contributed by atoms with Gasteiger partial charge in [0.2, 0.25) is 0 Å². The van der Waals surface area contributed by atoms with Crippen LogP contribution in [-0.2, 0) is 4.79 Å². The van der Waals surface area contributed by atoms with Gasteiger partial charge >= 0.3 is 0 Å². The minimum atomic E-state index is -0.357. The van der Waals surface area contributed by atoms with Gasteiger partial charge in [-0.05, 0) is 98.9 Å². The van der Waals surface area contributed by atoms with Gasteiger partial charge in [-0.25, -0.2) is 4.90 Å². The molecule has 0 atom stereocenters. The SMILES string of the molecule is C=CCOc1c(I)cc(/C=C2/SC(=O)N(c3cccc(Cl)c3)C2=O)cc1I. The van der Waals surface area contributed by atoms with Crippen molar-refractivity contribution in [3.05, 3.63) is 71.7 Å². The van der Waals surface area contributed by atoms with Crippen LogP contribution in [0.5, 0.6) is 5.75 Å². The lowest BCUT2D eigenvalue weighted by molar-refractivity contribution is -0.113. The highest BCUT2D eigenvalue weighted by molar-refractivity contribution is 14.1. The number of benzene rings is 2. The van der Waals surface area contributed by atoms with Crippen LogP contribution < -0.4 is 9.64 Å². The molecule has 2 aromatic carbocycles. The quantitative estimate of drug-likeness (QED) is 0.221. The van der Waals surface area contributed by atoms with Crippen LogP contribution in [0.15, 0.2) is 54.0 Å². The predicted molar refractivity (Wildman–Crippen MR) is 127 cm³/mol. The number of imide groups is 1. The maximum absolute atomic E-state index is 12.7. The lowest BCUT2D eigenvalue weighted by atomic mass is 10.2. The molecule has 1 fully saturated rings. The van der Waals surface area contributed by atoms with Gasteiger partial charge < -0.3 is 4.74 Å². The molecule has 0 unspecified atom stereocenters. The van der Waals surface area contributed by atoms with Crippen molar-refractivity contribution in [1.29, 1.82) is 0 Å². The third kappa shape index (κ3) is 4.69. The smallest absolute Gasteiger partial charge is 0.298 e.